The van der Waals surface area contributed by atoms with Crippen molar-refractivity contribution in [3.63, 3.8) is 0 Å². The Bertz CT molecular complexity index is 3550. The number of carbonyl (C=O) groups is 6. The standard InChI is InChI=1S/2C31H33N5O4.C3H4O4.H2O/c2*1-34-15-17-36(18-16-34)20-27(37)35(2)24-12-10-23(11-13-24)32-29(21-7-5-4-6-8-21)28-25-14-9-22(31(39)40-3)19-26(25)33-30(28)38;4-2(5)1-3(6)7;/h2*4-14,19,33,38H,15-18,20H2,1-3H3;1H2,(H,4,5)(H,6,7);1H2. The lowest BCUT2D eigenvalue weighted by atomic mass is 10.00. The molecule has 0 aliphatic carbocycles. The Balaban J connectivity index is 0.000000224. The SMILES string of the molecule is COC(=O)c1ccc2c(C(=Nc3ccc(N(C)C(=O)CN4CCN(C)CC4)cc3)c3ccccc3)c(O)[nH]c2c1.COC(=O)c1ccc2c(C(=Nc3ccc(N(C)C(=O)CN4CCN(C)CC4)cc3)c3ccccc3)c(O)[nH]c2c1.O.O=C(O)CC(=O)O. The first-order chi connectivity index (χ1) is 41.8. The molecule has 23 heteroatoms. The second-order valence-corrected chi connectivity index (χ2v) is 20.9. The third kappa shape index (κ3) is 16.7. The number of aromatic amines is 2. The summed E-state index contributed by atoms with van der Waals surface area (Å²) in [5.41, 5.74) is 8.68. The number of carboxylic acids is 2. The number of nitrogens with one attached hydrogen (secondary N) is 2. The Kier molecular flexibility index (Phi) is 22.6. The highest BCUT2D eigenvalue weighted by Gasteiger charge is 2.25. The van der Waals surface area contributed by atoms with E-state index in [0.717, 1.165) is 85.6 Å². The van der Waals surface area contributed by atoms with Crippen LogP contribution in [0.1, 0.15) is 49.4 Å². The average molecular weight is 1200 g/mol. The normalized spacial score (nSPS) is 14.1. The largest absolute Gasteiger partial charge is 0.494 e. The number of carboxylic acid groups (broad SMARTS) is 2. The van der Waals surface area contributed by atoms with Crippen molar-refractivity contribution < 1.29 is 64.1 Å². The van der Waals surface area contributed by atoms with Gasteiger partial charge in [0.05, 0.1) is 72.4 Å². The van der Waals surface area contributed by atoms with Crippen LogP contribution in [0, 0.1) is 0 Å². The van der Waals surface area contributed by atoms with E-state index in [1.54, 1.807) is 60.3 Å². The van der Waals surface area contributed by atoms with Crippen molar-refractivity contribution in [3.05, 3.63) is 179 Å². The number of aromatic nitrogens is 2. The molecule has 8 N–H and O–H groups in total. The smallest absolute Gasteiger partial charge is 0.337 e. The first-order valence-electron chi connectivity index (χ1n) is 27.9. The van der Waals surface area contributed by atoms with E-state index in [0.29, 0.717) is 69.2 Å². The van der Waals surface area contributed by atoms with Crippen molar-refractivity contribution in [1.29, 1.82) is 0 Å². The molecule has 0 bridgehead atoms. The minimum absolute atomic E-state index is 0. The van der Waals surface area contributed by atoms with Gasteiger partial charge in [-0.2, -0.15) is 0 Å². The molecule has 2 aliphatic rings. The number of rotatable bonds is 16. The van der Waals surface area contributed by atoms with Crippen LogP contribution in [0.4, 0.5) is 22.7 Å². The molecule has 0 spiro atoms. The number of amides is 2. The van der Waals surface area contributed by atoms with E-state index in [1.807, 2.05) is 109 Å². The van der Waals surface area contributed by atoms with Gasteiger partial charge in [0, 0.05) is 111 Å². The Morgan fingerprint density at radius 1 is 0.489 bits per heavy atom. The van der Waals surface area contributed by atoms with E-state index < -0.39 is 30.3 Å². The van der Waals surface area contributed by atoms with E-state index in [1.165, 1.54) is 14.2 Å². The molecule has 88 heavy (non-hydrogen) atoms. The molecule has 2 aliphatic heterocycles. The molecule has 0 atom stereocenters. The maximum absolute atomic E-state index is 12.9. The molecular weight excluding hydrogens is 1130 g/mol. The second kappa shape index (κ2) is 30.3. The highest BCUT2D eigenvalue weighted by molar-refractivity contribution is 6.23. The first-order valence-corrected chi connectivity index (χ1v) is 27.9. The van der Waals surface area contributed by atoms with Crippen molar-refractivity contribution in [3.8, 4) is 11.8 Å². The second-order valence-electron chi connectivity index (χ2n) is 20.9. The van der Waals surface area contributed by atoms with Crippen LogP contribution >= 0.6 is 0 Å². The summed E-state index contributed by atoms with van der Waals surface area (Å²) in [6, 6.07) is 44.3. The number of hydrogen-bond acceptors (Lipinski definition) is 16. The average Bonchev–Trinajstić information content (AvgIpc) is 2.71. The number of methoxy groups -OCH3 is 2. The van der Waals surface area contributed by atoms with Gasteiger partial charge in [-0.3, -0.25) is 29.0 Å². The number of carbonyl (C=O) groups excluding carboxylic acids is 4. The molecule has 6 aromatic carbocycles. The highest BCUT2D eigenvalue weighted by atomic mass is 16.5. The number of aliphatic carboxylic acids is 2. The first kappa shape index (κ1) is 65.5. The molecule has 10 rings (SSSR count). The number of esters is 2. The Labute approximate surface area is 508 Å². The van der Waals surface area contributed by atoms with Gasteiger partial charge in [-0.05, 0) is 86.9 Å². The molecule has 460 valence electrons. The van der Waals surface area contributed by atoms with Gasteiger partial charge in [0.1, 0.15) is 6.42 Å². The lowest BCUT2D eigenvalue weighted by Gasteiger charge is -2.32. The van der Waals surface area contributed by atoms with Crippen LogP contribution in [0.5, 0.6) is 11.8 Å². The number of piperazine rings is 2. The topological polar surface area (TPSA) is 309 Å². The number of fused-ring (bicyclic) bond motifs is 2. The van der Waals surface area contributed by atoms with Gasteiger partial charge < -0.3 is 64.9 Å². The van der Waals surface area contributed by atoms with Gasteiger partial charge in [-0.25, -0.2) is 19.6 Å². The molecule has 2 fully saturated rings. The molecule has 0 saturated carbocycles. The summed E-state index contributed by atoms with van der Waals surface area (Å²) in [5, 5.41) is 38.8. The van der Waals surface area contributed by atoms with Crippen LogP contribution in [-0.2, 0) is 28.7 Å². The molecule has 4 heterocycles. The van der Waals surface area contributed by atoms with Crippen molar-refractivity contribution >= 4 is 91.7 Å². The summed E-state index contributed by atoms with van der Waals surface area (Å²) in [6.07, 6.45) is -0.806. The summed E-state index contributed by atoms with van der Waals surface area (Å²) < 4.78 is 9.67. The molecule has 0 radical (unpaired) electrons. The molecule has 8 aromatic rings. The monoisotopic (exact) mass is 1200 g/mol. The molecule has 2 saturated heterocycles. The van der Waals surface area contributed by atoms with Gasteiger partial charge in [-0.1, -0.05) is 72.8 Å². The fourth-order valence-electron chi connectivity index (χ4n) is 9.84. The van der Waals surface area contributed by atoms with Gasteiger partial charge >= 0.3 is 23.9 Å². The molecular formula is C65H72N10O13. The Morgan fingerprint density at radius 3 is 1.14 bits per heavy atom. The molecule has 2 amide bonds. The summed E-state index contributed by atoms with van der Waals surface area (Å²) >= 11 is 0. The van der Waals surface area contributed by atoms with Crippen molar-refractivity contribution in [2.45, 2.75) is 6.42 Å². The molecule has 23 nitrogen and oxygen atoms in total. The number of ether oxygens (including phenoxy) is 2. The van der Waals surface area contributed by atoms with Gasteiger partial charge in [0.25, 0.3) is 0 Å². The minimum atomic E-state index is -1.31. The lowest BCUT2D eigenvalue weighted by molar-refractivity contribution is -0.147. The zero-order chi connectivity index (χ0) is 62.3. The van der Waals surface area contributed by atoms with Crippen LogP contribution in [0.2, 0.25) is 0 Å². The maximum Gasteiger partial charge on any atom is 0.337 e. The fourth-order valence-corrected chi connectivity index (χ4v) is 9.84. The predicted molar refractivity (Wildman–Crippen MR) is 337 cm³/mol. The van der Waals surface area contributed by atoms with Crippen LogP contribution in [-0.4, -0.2) is 210 Å². The quantitative estimate of drug-likeness (QED) is 0.0329. The number of aliphatic imine (C=N–C) groups is 2. The molecule has 2 aromatic heterocycles. The number of anilines is 2. The predicted octanol–water partition coefficient (Wildman–Crippen LogP) is 6.80. The van der Waals surface area contributed by atoms with Crippen LogP contribution in [0.25, 0.3) is 21.8 Å². The van der Waals surface area contributed by atoms with E-state index in [-0.39, 0.29) is 29.1 Å². The third-order valence-electron chi connectivity index (χ3n) is 14.9. The van der Waals surface area contributed by atoms with Gasteiger partial charge in [-0.15, -0.1) is 0 Å². The van der Waals surface area contributed by atoms with Gasteiger partial charge in [0.2, 0.25) is 11.8 Å². The summed E-state index contributed by atoms with van der Waals surface area (Å²) in [6.45, 7) is 8.18. The zero-order valence-electron chi connectivity index (χ0n) is 49.8. The minimum Gasteiger partial charge on any atom is -0.494 e. The number of hydrogen-bond donors (Lipinski definition) is 6. The fraction of sp³-hybridized carbons (Fsp3) is 0.262. The van der Waals surface area contributed by atoms with E-state index >= 15 is 0 Å². The van der Waals surface area contributed by atoms with E-state index in [2.05, 4.69) is 43.7 Å². The van der Waals surface area contributed by atoms with Gasteiger partial charge in [0.15, 0.2) is 11.8 Å². The molecule has 0 unspecified atom stereocenters. The highest BCUT2D eigenvalue weighted by Crippen LogP contribution is 2.35. The lowest BCUT2D eigenvalue weighted by Crippen LogP contribution is -2.48. The van der Waals surface area contributed by atoms with Crippen LogP contribution < -0.4 is 9.80 Å². The third-order valence-corrected chi connectivity index (χ3v) is 14.9. The van der Waals surface area contributed by atoms with Crippen molar-refractivity contribution in [1.82, 2.24) is 29.6 Å². The number of nitrogens with zero attached hydrogens (tertiary/aromatic N) is 8. The number of aromatic hydroxyl groups is 2. The summed E-state index contributed by atoms with van der Waals surface area (Å²) in [7, 11) is 10.4. The van der Waals surface area contributed by atoms with E-state index in [4.69, 9.17) is 29.7 Å². The number of benzene rings is 6. The van der Waals surface area contributed by atoms with Crippen LogP contribution in [0.3, 0.4) is 0 Å². The van der Waals surface area contributed by atoms with Crippen molar-refractivity contribution in [2.75, 3.05) is 118 Å². The van der Waals surface area contributed by atoms with E-state index in [9.17, 15) is 39.0 Å². The summed E-state index contributed by atoms with van der Waals surface area (Å²) in [4.78, 5) is 96.8. The van der Waals surface area contributed by atoms with Crippen molar-refractivity contribution in [2.24, 2.45) is 9.98 Å². The zero-order valence-corrected chi connectivity index (χ0v) is 49.8. The number of likely N-dealkylation sites (N-methyl/N-ethyl adjacent to an activating group) is 4. The summed E-state index contributed by atoms with van der Waals surface area (Å²) in [5.74, 6) is -3.55. The van der Waals surface area contributed by atoms with Crippen LogP contribution in [0.15, 0.2) is 156 Å². The maximum atomic E-state index is 12.9. The Hall–Kier alpha value is -10.0. The number of H-pyrrole nitrogens is 2. The Morgan fingerprint density at radius 2 is 0.830 bits per heavy atom.